The zero-order valence-corrected chi connectivity index (χ0v) is 14.4. The minimum atomic E-state index is -0.501. The molecule has 0 aromatic carbocycles. The average Bonchev–Trinajstić information content (AvgIpc) is 2.82. The third-order valence-electron chi connectivity index (χ3n) is 7.83. The predicted octanol–water partition coefficient (Wildman–Crippen LogP) is 5.12. The first kappa shape index (κ1) is 16.0. The molecule has 0 aromatic heterocycles. The second-order valence-electron chi connectivity index (χ2n) is 8.92. The molecule has 3 aliphatic carbocycles. The maximum absolute atomic E-state index is 6.90. The van der Waals surface area contributed by atoms with E-state index >= 15 is 0 Å². The van der Waals surface area contributed by atoms with E-state index in [1.54, 1.807) is 0 Å². The van der Waals surface area contributed by atoms with Crippen LogP contribution in [0.1, 0.15) is 78.6 Å². The van der Waals surface area contributed by atoms with Gasteiger partial charge in [-0.1, -0.05) is 58.1 Å². The van der Waals surface area contributed by atoms with Gasteiger partial charge >= 0.3 is 0 Å². The summed E-state index contributed by atoms with van der Waals surface area (Å²) in [6.45, 7) is 6.84. The lowest BCUT2D eigenvalue weighted by molar-refractivity contribution is 0.122. The third kappa shape index (κ3) is 2.43. The van der Waals surface area contributed by atoms with Crippen molar-refractivity contribution in [2.24, 2.45) is 35.0 Å². The van der Waals surface area contributed by atoms with Gasteiger partial charge in [0.2, 0.25) is 0 Å². The normalized spacial score (nSPS) is 40.6. The molecule has 21 heavy (non-hydrogen) atoms. The fourth-order valence-corrected chi connectivity index (χ4v) is 6.11. The highest BCUT2D eigenvalue weighted by Crippen LogP contribution is 2.66. The van der Waals surface area contributed by atoms with Crippen LogP contribution in [0.15, 0.2) is 0 Å². The second kappa shape index (κ2) is 5.64. The Labute approximate surface area is 135 Å². The van der Waals surface area contributed by atoms with Gasteiger partial charge < -0.3 is 0 Å². The zero-order chi connectivity index (χ0) is 15.3. The first-order valence-corrected chi connectivity index (χ1v) is 9.48. The topological polar surface area (TPSA) is 0 Å². The van der Waals surface area contributed by atoms with Crippen molar-refractivity contribution < 1.29 is 0 Å². The summed E-state index contributed by atoms with van der Waals surface area (Å²) >= 11 is 0. The Kier molecular flexibility index (Phi) is 4.30. The Balaban J connectivity index is 1.95. The molecule has 3 aliphatic rings. The summed E-state index contributed by atoms with van der Waals surface area (Å²) in [6, 6.07) is 0. The van der Waals surface area contributed by atoms with E-state index in [0.717, 1.165) is 30.1 Å². The van der Waals surface area contributed by atoms with E-state index in [4.69, 9.17) is 15.7 Å². The summed E-state index contributed by atoms with van der Waals surface area (Å²) in [5, 5.41) is -0.501. The van der Waals surface area contributed by atoms with Crippen molar-refractivity contribution in [2.45, 2.75) is 83.8 Å². The van der Waals surface area contributed by atoms with E-state index in [2.05, 4.69) is 20.8 Å². The molecule has 4 atom stereocenters. The fraction of sp³-hybridized carbons (Fsp3) is 1.00. The van der Waals surface area contributed by atoms with E-state index in [9.17, 15) is 0 Å². The quantitative estimate of drug-likeness (QED) is 0.630. The van der Waals surface area contributed by atoms with E-state index in [1.807, 2.05) is 0 Å². The minimum Gasteiger partial charge on any atom is -0.0908 e. The molecule has 4 unspecified atom stereocenters. The van der Waals surface area contributed by atoms with E-state index in [1.165, 1.54) is 51.4 Å². The highest BCUT2D eigenvalue weighted by atomic mass is 14.6. The van der Waals surface area contributed by atoms with Gasteiger partial charge in [-0.2, -0.15) is 0 Å². The molecule has 0 N–H and O–H groups in total. The summed E-state index contributed by atoms with van der Waals surface area (Å²) < 4.78 is 0. The molecule has 4 radical (unpaired) electrons. The SMILES string of the molecule is [B]C([B])(C1C2CCCCC2C2CCCCC21)C(C)(C)CC. The molecule has 0 bridgehead atoms. The van der Waals surface area contributed by atoms with Gasteiger partial charge in [0.05, 0.1) is 15.7 Å². The first-order valence-electron chi connectivity index (χ1n) is 9.48. The summed E-state index contributed by atoms with van der Waals surface area (Å²) in [6.07, 6.45) is 12.4. The molecule has 0 aromatic rings. The van der Waals surface area contributed by atoms with Gasteiger partial charge in [-0.3, -0.25) is 0 Å². The fourth-order valence-electron chi connectivity index (χ4n) is 6.11. The highest BCUT2D eigenvalue weighted by molar-refractivity contribution is 6.40. The van der Waals surface area contributed by atoms with Gasteiger partial charge in [-0.15, -0.1) is 0 Å². The Morgan fingerprint density at radius 1 is 0.762 bits per heavy atom. The minimum absolute atomic E-state index is 0.0337. The number of fused-ring (bicyclic) bond motifs is 3. The lowest BCUT2D eigenvalue weighted by Gasteiger charge is -2.52. The van der Waals surface area contributed by atoms with Crippen LogP contribution in [0, 0.1) is 35.0 Å². The van der Waals surface area contributed by atoms with Gasteiger partial charge in [-0.05, 0) is 60.7 Å². The molecule has 3 saturated carbocycles. The van der Waals surface area contributed by atoms with Crippen LogP contribution in [-0.4, -0.2) is 15.7 Å². The van der Waals surface area contributed by atoms with Crippen molar-refractivity contribution in [3.05, 3.63) is 0 Å². The third-order valence-corrected chi connectivity index (χ3v) is 7.83. The maximum Gasteiger partial charge on any atom is 0.0631 e. The monoisotopic (exact) mass is 282 g/mol. The average molecular weight is 282 g/mol. The van der Waals surface area contributed by atoms with Crippen molar-refractivity contribution in [1.29, 1.82) is 0 Å². The summed E-state index contributed by atoms with van der Waals surface area (Å²) in [5.41, 5.74) is 0.0337. The molecular formula is C19H32B2. The van der Waals surface area contributed by atoms with Gasteiger partial charge in [0, 0.05) is 0 Å². The van der Waals surface area contributed by atoms with Crippen molar-refractivity contribution >= 4 is 15.7 Å². The molecule has 0 amide bonds. The van der Waals surface area contributed by atoms with Crippen LogP contribution in [0.3, 0.4) is 0 Å². The molecule has 2 heteroatoms. The molecule has 0 heterocycles. The Bertz CT molecular complexity index is 352. The van der Waals surface area contributed by atoms with Gasteiger partial charge in [0.1, 0.15) is 0 Å². The summed E-state index contributed by atoms with van der Waals surface area (Å²) in [4.78, 5) is 0. The summed E-state index contributed by atoms with van der Waals surface area (Å²) in [7, 11) is 13.8. The Morgan fingerprint density at radius 3 is 1.52 bits per heavy atom. The lowest BCUT2D eigenvalue weighted by atomic mass is 9.35. The molecule has 0 spiro atoms. The number of hydrogen-bond donors (Lipinski definition) is 0. The molecule has 3 fully saturated rings. The molecule has 0 aliphatic heterocycles. The van der Waals surface area contributed by atoms with Crippen molar-refractivity contribution in [2.75, 3.05) is 0 Å². The Morgan fingerprint density at radius 2 is 1.14 bits per heavy atom. The molecular weight excluding hydrogens is 250 g/mol. The standard InChI is InChI=1S/C19H32B2/c1-4-18(2,3)19(20,21)17-15-11-7-5-9-13(15)14-10-6-8-12-16(14)17/h13-17H,4-12H2,1-3H3. The van der Waals surface area contributed by atoms with Crippen LogP contribution < -0.4 is 0 Å². The van der Waals surface area contributed by atoms with Crippen molar-refractivity contribution in [1.82, 2.24) is 0 Å². The maximum atomic E-state index is 6.90. The van der Waals surface area contributed by atoms with Crippen LogP contribution in [0.5, 0.6) is 0 Å². The van der Waals surface area contributed by atoms with Crippen LogP contribution in [0.2, 0.25) is 5.21 Å². The second-order valence-corrected chi connectivity index (χ2v) is 8.92. The van der Waals surface area contributed by atoms with Gasteiger partial charge in [0.25, 0.3) is 0 Å². The van der Waals surface area contributed by atoms with Gasteiger partial charge in [-0.25, -0.2) is 0 Å². The smallest absolute Gasteiger partial charge is 0.0631 e. The first-order chi connectivity index (χ1) is 9.90. The predicted molar refractivity (Wildman–Crippen MR) is 92.7 cm³/mol. The van der Waals surface area contributed by atoms with Crippen molar-refractivity contribution in [3.8, 4) is 0 Å². The molecule has 114 valence electrons. The molecule has 0 saturated heterocycles. The summed E-state index contributed by atoms with van der Waals surface area (Å²) in [5.74, 6) is 4.06. The van der Waals surface area contributed by atoms with Crippen LogP contribution in [0.4, 0.5) is 0 Å². The molecule has 3 rings (SSSR count). The van der Waals surface area contributed by atoms with E-state index in [0.29, 0.717) is 5.92 Å². The van der Waals surface area contributed by atoms with Crippen LogP contribution in [-0.2, 0) is 0 Å². The van der Waals surface area contributed by atoms with Crippen LogP contribution in [0.25, 0.3) is 0 Å². The highest BCUT2D eigenvalue weighted by Gasteiger charge is 2.57. The van der Waals surface area contributed by atoms with E-state index in [-0.39, 0.29) is 5.41 Å². The van der Waals surface area contributed by atoms with Crippen LogP contribution >= 0.6 is 0 Å². The number of rotatable bonds is 3. The molecule has 0 nitrogen and oxygen atoms in total. The lowest BCUT2D eigenvalue weighted by Crippen LogP contribution is -2.43. The Hall–Kier alpha value is 0.130. The largest absolute Gasteiger partial charge is 0.0908 e. The van der Waals surface area contributed by atoms with Gasteiger partial charge in [0.15, 0.2) is 0 Å². The zero-order valence-electron chi connectivity index (χ0n) is 14.4. The number of hydrogen-bond acceptors (Lipinski definition) is 0. The van der Waals surface area contributed by atoms with E-state index < -0.39 is 5.21 Å². The van der Waals surface area contributed by atoms with Crippen molar-refractivity contribution in [3.63, 3.8) is 0 Å².